The average molecular weight is 331 g/mol. The van der Waals surface area contributed by atoms with Crippen LogP contribution >= 0.6 is 11.6 Å². The van der Waals surface area contributed by atoms with Crippen molar-refractivity contribution in [1.29, 1.82) is 0 Å². The first-order valence-electron chi connectivity index (χ1n) is 6.84. The van der Waals surface area contributed by atoms with Gasteiger partial charge in [-0.15, -0.1) is 0 Å². The van der Waals surface area contributed by atoms with Crippen LogP contribution in [0.25, 0.3) is 11.3 Å². The van der Waals surface area contributed by atoms with Crippen molar-refractivity contribution < 1.29 is 13.6 Å². The minimum Gasteiger partial charge on any atom is -0.443 e. The smallest absolute Gasteiger partial charge is 0.228 e. The van der Waals surface area contributed by atoms with Crippen LogP contribution in [-0.4, -0.2) is 10.9 Å². The van der Waals surface area contributed by atoms with E-state index in [4.69, 9.17) is 16.0 Å². The Morgan fingerprint density at radius 1 is 1.22 bits per heavy atom. The Morgan fingerprint density at radius 3 is 2.65 bits per heavy atom. The molecule has 0 atom stereocenters. The number of rotatable bonds is 4. The largest absolute Gasteiger partial charge is 0.443 e. The van der Waals surface area contributed by atoms with E-state index in [1.807, 2.05) is 0 Å². The fourth-order valence-corrected chi connectivity index (χ4v) is 2.26. The summed E-state index contributed by atoms with van der Waals surface area (Å²) in [6.07, 6.45) is 2.84. The van der Waals surface area contributed by atoms with Crippen molar-refractivity contribution in [1.82, 2.24) is 4.98 Å². The summed E-state index contributed by atoms with van der Waals surface area (Å²) >= 11 is 5.80. The molecule has 6 heteroatoms. The predicted octanol–water partition coefficient (Wildman–Crippen LogP) is 4.32. The molecule has 3 rings (SSSR count). The topological polar surface area (TPSA) is 55.1 Å². The molecule has 1 aromatic heterocycles. The molecule has 0 saturated heterocycles. The third-order valence-electron chi connectivity index (χ3n) is 3.23. The van der Waals surface area contributed by atoms with E-state index in [1.54, 1.807) is 30.3 Å². The maximum Gasteiger partial charge on any atom is 0.228 e. The second kappa shape index (κ2) is 6.62. The van der Waals surface area contributed by atoms with E-state index in [0.29, 0.717) is 22.0 Å². The van der Waals surface area contributed by atoms with Gasteiger partial charge >= 0.3 is 0 Å². The summed E-state index contributed by atoms with van der Waals surface area (Å²) in [4.78, 5) is 15.7. The van der Waals surface area contributed by atoms with E-state index < -0.39 is 5.82 Å². The summed E-state index contributed by atoms with van der Waals surface area (Å²) in [6.45, 7) is 0. The second-order valence-corrected chi connectivity index (χ2v) is 5.35. The number of oxazole rings is 1. The molecule has 2 aromatic carbocycles. The van der Waals surface area contributed by atoms with Crippen LogP contribution in [0.2, 0.25) is 5.02 Å². The van der Waals surface area contributed by atoms with Gasteiger partial charge in [0.15, 0.2) is 12.2 Å². The fourth-order valence-electron chi connectivity index (χ4n) is 2.13. The molecule has 4 nitrogen and oxygen atoms in total. The lowest BCUT2D eigenvalue weighted by Gasteiger charge is -2.07. The number of nitrogens with zero attached hydrogens (tertiary/aromatic N) is 1. The van der Waals surface area contributed by atoms with Gasteiger partial charge in [0.1, 0.15) is 5.82 Å². The molecule has 0 fully saturated rings. The van der Waals surface area contributed by atoms with Crippen LogP contribution in [0.1, 0.15) is 5.56 Å². The van der Waals surface area contributed by atoms with Crippen LogP contribution in [0.3, 0.4) is 0 Å². The molecule has 3 aromatic rings. The van der Waals surface area contributed by atoms with E-state index in [0.717, 1.165) is 5.56 Å². The Labute approximate surface area is 136 Å². The van der Waals surface area contributed by atoms with E-state index in [1.165, 1.54) is 24.7 Å². The zero-order chi connectivity index (χ0) is 16.2. The summed E-state index contributed by atoms with van der Waals surface area (Å²) in [5.74, 6) is -0.397. The normalized spacial score (nSPS) is 10.5. The summed E-state index contributed by atoms with van der Waals surface area (Å²) < 4.78 is 19.1. The Morgan fingerprint density at radius 2 is 2.00 bits per heavy atom. The van der Waals surface area contributed by atoms with Crippen molar-refractivity contribution in [3.8, 4) is 11.3 Å². The van der Waals surface area contributed by atoms with Gasteiger partial charge in [-0.25, -0.2) is 9.37 Å². The number of nitrogens with one attached hydrogen (secondary N) is 1. The minimum atomic E-state index is -0.494. The molecule has 1 heterocycles. The Kier molecular flexibility index (Phi) is 4.39. The number of benzene rings is 2. The zero-order valence-electron chi connectivity index (χ0n) is 11.9. The molecule has 0 bridgehead atoms. The van der Waals surface area contributed by atoms with Crippen molar-refractivity contribution in [2.24, 2.45) is 0 Å². The van der Waals surface area contributed by atoms with Gasteiger partial charge in [-0.3, -0.25) is 4.79 Å². The van der Waals surface area contributed by atoms with E-state index in [2.05, 4.69) is 10.3 Å². The molecule has 23 heavy (non-hydrogen) atoms. The third kappa shape index (κ3) is 3.76. The van der Waals surface area contributed by atoms with Gasteiger partial charge in [-0.1, -0.05) is 23.7 Å². The highest BCUT2D eigenvalue weighted by Gasteiger charge is 2.11. The number of anilines is 1. The molecule has 1 amide bonds. The second-order valence-electron chi connectivity index (χ2n) is 4.91. The van der Waals surface area contributed by atoms with Crippen LogP contribution in [0, 0.1) is 5.82 Å². The predicted molar refractivity (Wildman–Crippen MR) is 85.7 cm³/mol. The fraction of sp³-hybridized carbons (Fsp3) is 0.0588. The molecular weight excluding hydrogens is 319 g/mol. The number of amides is 1. The molecule has 0 saturated carbocycles. The summed E-state index contributed by atoms with van der Waals surface area (Å²) in [7, 11) is 0. The summed E-state index contributed by atoms with van der Waals surface area (Å²) in [6, 6.07) is 11.4. The molecule has 0 aliphatic rings. The standard InChI is InChI=1S/C17H12ClFN2O2/c18-12-3-1-11(2-4-12)7-17(22)21-13-5-6-14(15(19)8-13)16-9-20-10-23-16/h1-6,8-10H,7H2,(H,21,22). The summed E-state index contributed by atoms with van der Waals surface area (Å²) in [5, 5.41) is 3.27. The molecule has 0 unspecified atom stereocenters. The van der Waals surface area contributed by atoms with Crippen LogP contribution < -0.4 is 5.32 Å². The quantitative estimate of drug-likeness (QED) is 0.775. The van der Waals surface area contributed by atoms with Crippen molar-refractivity contribution in [3.63, 3.8) is 0 Å². The number of hydrogen-bond acceptors (Lipinski definition) is 3. The Hall–Kier alpha value is -2.66. The number of halogens is 2. The van der Waals surface area contributed by atoms with Crippen molar-refractivity contribution in [3.05, 3.63) is 71.5 Å². The molecule has 0 spiro atoms. The Balaban J connectivity index is 1.69. The van der Waals surface area contributed by atoms with Crippen LogP contribution in [0.5, 0.6) is 0 Å². The highest BCUT2D eigenvalue weighted by atomic mass is 35.5. The lowest BCUT2D eigenvalue weighted by molar-refractivity contribution is -0.115. The lowest BCUT2D eigenvalue weighted by Crippen LogP contribution is -2.14. The highest BCUT2D eigenvalue weighted by Crippen LogP contribution is 2.25. The van der Waals surface area contributed by atoms with Crippen LogP contribution in [0.15, 0.2) is 59.5 Å². The third-order valence-corrected chi connectivity index (χ3v) is 3.48. The van der Waals surface area contributed by atoms with Crippen LogP contribution in [0.4, 0.5) is 10.1 Å². The monoisotopic (exact) mass is 330 g/mol. The van der Waals surface area contributed by atoms with Crippen molar-refractivity contribution in [2.45, 2.75) is 6.42 Å². The van der Waals surface area contributed by atoms with Gasteiger partial charge in [0.25, 0.3) is 0 Å². The molecular formula is C17H12ClFN2O2. The number of carbonyl (C=O) groups is 1. The van der Waals surface area contributed by atoms with Crippen LogP contribution in [-0.2, 0) is 11.2 Å². The maximum atomic E-state index is 14.1. The SMILES string of the molecule is O=C(Cc1ccc(Cl)cc1)Nc1ccc(-c2cnco2)c(F)c1. The number of aromatic nitrogens is 1. The minimum absolute atomic E-state index is 0.183. The number of hydrogen-bond donors (Lipinski definition) is 1. The first kappa shape index (κ1) is 15.2. The molecule has 0 aliphatic heterocycles. The Bertz CT molecular complexity index is 817. The zero-order valence-corrected chi connectivity index (χ0v) is 12.7. The van der Waals surface area contributed by atoms with Gasteiger partial charge < -0.3 is 9.73 Å². The van der Waals surface area contributed by atoms with Crippen molar-refractivity contribution >= 4 is 23.2 Å². The lowest BCUT2D eigenvalue weighted by atomic mass is 10.1. The molecule has 0 radical (unpaired) electrons. The van der Waals surface area contributed by atoms with Gasteiger partial charge in [-0.2, -0.15) is 0 Å². The van der Waals surface area contributed by atoms with Gasteiger partial charge in [0.2, 0.25) is 5.91 Å². The number of carbonyl (C=O) groups excluding carboxylic acids is 1. The average Bonchev–Trinajstić information content (AvgIpc) is 3.04. The van der Waals surface area contributed by atoms with Gasteiger partial charge in [0.05, 0.1) is 18.2 Å². The first-order chi connectivity index (χ1) is 11.1. The van der Waals surface area contributed by atoms with E-state index in [9.17, 15) is 9.18 Å². The molecule has 0 aliphatic carbocycles. The first-order valence-corrected chi connectivity index (χ1v) is 7.22. The van der Waals surface area contributed by atoms with Gasteiger partial charge in [0, 0.05) is 10.7 Å². The maximum absolute atomic E-state index is 14.1. The molecule has 116 valence electrons. The van der Waals surface area contributed by atoms with Gasteiger partial charge in [-0.05, 0) is 35.9 Å². The van der Waals surface area contributed by atoms with E-state index >= 15 is 0 Å². The van der Waals surface area contributed by atoms with E-state index in [-0.39, 0.29) is 12.3 Å². The summed E-state index contributed by atoms with van der Waals surface area (Å²) in [5.41, 5.74) is 1.49. The molecule has 1 N–H and O–H groups in total. The highest BCUT2D eigenvalue weighted by molar-refractivity contribution is 6.30. The van der Waals surface area contributed by atoms with Crippen molar-refractivity contribution in [2.75, 3.05) is 5.32 Å².